The zero-order chi connectivity index (χ0) is 19.1. The summed E-state index contributed by atoms with van der Waals surface area (Å²) in [6.07, 6.45) is 5.62. The molecular formula is C20H29NO4S. The summed E-state index contributed by atoms with van der Waals surface area (Å²) in [5.41, 5.74) is 0.400. The molecule has 1 saturated heterocycles. The van der Waals surface area contributed by atoms with Crippen LogP contribution in [-0.2, 0) is 14.9 Å². The van der Waals surface area contributed by atoms with Crippen molar-refractivity contribution < 1.29 is 19.4 Å². The van der Waals surface area contributed by atoms with E-state index in [9.17, 15) is 14.7 Å². The lowest BCUT2D eigenvalue weighted by molar-refractivity contribution is -0.133. The number of carbonyl (C=O) groups excluding carboxylic acids is 1. The van der Waals surface area contributed by atoms with Crippen molar-refractivity contribution in [3.63, 3.8) is 0 Å². The van der Waals surface area contributed by atoms with Gasteiger partial charge in [0.05, 0.1) is 17.8 Å². The summed E-state index contributed by atoms with van der Waals surface area (Å²) in [7, 11) is 0. The number of carbonyl (C=O) groups is 2. The van der Waals surface area contributed by atoms with Gasteiger partial charge in [-0.15, -0.1) is 11.3 Å². The number of hydrogen-bond acceptors (Lipinski definition) is 4. The van der Waals surface area contributed by atoms with Gasteiger partial charge in [0.1, 0.15) is 11.5 Å². The monoisotopic (exact) mass is 379 g/mol. The molecule has 0 aromatic carbocycles. The van der Waals surface area contributed by atoms with E-state index in [4.69, 9.17) is 4.74 Å². The minimum absolute atomic E-state index is 0.0180. The maximum absolute atomic E-state index is 12.8. The van der Waals surface area contributed by atoms with E-state index < -0.39 is 5.97 Å². The zero-order valence-corrected chi connectivity index (χ0v) is 16.9. The van der Waals surface area contributed by atoms with Gasteiger partial charge >= 0.3 is 5.97 Å². The van der Waals surface area contributed by atoms with E-state index in [1.165, 1.54) is 30.6 Å². The minimum Gasteiger partial charge on any atom is -0.477 e. The van der Waals surface area contributed by atoms with E-state index >= 15 is 0 Å². The second kappa shape index (κ2) is 7.31. The molecule has 2 aliphatic rings. The van der Waals surface area contributed by atoms with Crippen molar-refractivity contribution in [3.8, 4) is 0 Å². The van der Waals surface area contributed by atoms with Crippen molar-refractivity contribution in [3.05, 3.63) is 15.8 Å². The van der Waals surface area contributed by atoms with Gasteiger partial charge in [-0.1, -0.05) is 40.0 Å². The van der Waals surface area contributed by atoms with E-state index in [-0.39, 0.29) is 35.0 Å². The Balaban J connectivity index is 2.06. The van der Waals surface area contributed by atoms with Gasteiger partial charge in [-0.2, -0.15) is 0 Å². The number of anilines is 1. The van der Waals surface area contributed by atoms with Crippen molar-refractivity contribution in [2.24, 2.45) is 5.92 Å². The van der Waals surface area contributed by atoms with Crippen LogP contribution < -0.4 is 4.90 Å². The fourth-order valence-electron chi connectivity index (χ4n) is 4.19. The van der Waals surface area contributed by atoms with Gasteiger partial charge in [0.15, 0.2) is 0 Å². The maximum Gasteiger partial charge on any atom is 0.348 e. The molecule has 1 saturated carbocycles. The van der Waals surface area contributed by atoms with Crippen molar-refractivity contribution in [1.82, 2.24) is 0 Å². The lowest BCUT2D eigenvalue weighted by Crippen LogP contribution is -2.57. The first-order chi connectivity index (χ1) is 12.2. The molecule has 1 aliphatic heterocycles. The van der Waals surface area contributed by atoms with Crippen LogP contribution in [-0.4, -0.2) is 35.7 Å². The summed E-state index contributed by atoms with van der Waals surface area (Å²) in [6, 6.07) is 1.83. The van der Waals surface area contributed by atoms with E-state index in [2.05, 4.69) is 20.8 Å². The molecule has 1 aliphatic carbocycles. The second-order valence-corrected chi connectivity index (χ2v) is 9.60. The van der Waals surface area contributed by atoms with Gasteiger partial charge < -0.3 is 14.7 Å². The molecule has 26 heavy (non-hydrogen) atoms. The Morgan fingerprint density at radius 3 is 2.50 bits per heavy atom. The third-order valence-corrected chi connectivity index (χ3v) is 7.09. The number of carboxylic acids is 1. The van der Waals surface area contributed by atoms with Gasteiger partial charge in [-0.05, 0) is 37.2 Å². The number of thiophene rings is 1. The van der Waals surface area contributed by atoms with Crippen molar-refractivity contribution in [2.75, 3.05) is 11.5 Å². The molecule has 1 amide bonds. The normalized spacial score (nSPS) is 25.5. The SMILES string of the molecule is C[C@H]1OCC(=O)N(c2cc(C(C)(C)C)sc2C(=O)O)[C@@H]1C1CCCCC1. The Labute approximate surface area is 159 Å². The van der Waals surface area contributed by atoms with Crippen LogP contribution in [0.15, 0.2) is 6.07 Å². The molecule has 1 N–H and O–H groups in total. The summed E-state index contributed by atoms with van der Waals surface area (Å²) in [5.74, 6) is -0.725. The maximum atomic E-state index is 12.8. The minimum atomic E-state index is -0.963. The topological polar surface area (TPSA) is 66.8 Å². The third kappa shape index (κ3) is 3.67. The Kier molecular flexibility index (Phi) is 5.45. The predicted molar refractivity (Wildman–Crippen MR) is 103 cm³/mol. The van der Waals surface area contributed by atoms with E-state index in [0.29, 0.717) is 11.6 Å². The van der Waals surface area contributed by atoms with Crippen LogP contribution in [0.2, 0.25) is 0 Å². The molecule has 2 heterocycles. The second-order valence-electron chi connectivity index (χ2n) is 8.55. The molecule has 2 atom stereocenters. The van der Waals surface area contributed by atoms with Gasteiger partial charge in [0.25, 0.3) is 5.91 Å². The molecule has 0 bridgehead atoms. The van der Waals surface area contributed by atoms with Gasteiger partial charge in [0.2, 0.25) is 0 Å². The zero-order valence-electron chi connectivity index (χ0n) is 16.1. The van der Waals surface area contributed by atoms with Crippen LogP contribution >= 0.6 is 11.3 Å². The fourth-order valence-corrected chi connectivity index (χ4v) is 5.24. The largest absolute Gasteiger partial charge is 0.477 e. The fraction of sp³-hybridized carbons (Fsp3) is 0.700. The summed E-state index contributed by atoms with van der Waals surface area (Å²) < 4.78 is 5.75. The average molecular weight is 380 g/mol. The Morgan fingerprint density at radius 2 is 1.92 bits per heavy atom. The number of morpholine rings is 1. The van der Waals surface area contributed by atoms with Gasteiger partial charge in [-0.25, -0.2) is 4.79 Å². The number of nitrogens with zero attached hydrogens (tertiary/aromatic N) is 1. The first-order valence-electron chi connectivity index (χ1n) is 9.51. The van der Waals surface area contributed by atoms with Crippen LogP contribution in [0.5, 0.6) is 0 Å². The number of ether oxygens (including phenoxy) is 1. The van der Waals surface area contributed by atoms with E-state index in [1.807, 2.05) is 13.0 Å². The smallest absolute Gasteiger partial charge is 0.348 e. The highest BCUT2D eigenvalue weighted by atomic mass is 32.1. The Hall–Kier alpha value is -1.40. The van der Waals surface area contributed by atoms with E-state index in [1.54, 1.807) is 4.90 Å². The van der Waals surface area contributed by atoms with Crippen molar-refractivity contribution in [1.29, 1.82) is 0 Å². The third-order valence-electron chi connectivity index (χ3n) is 5.56. The Bertz CT molecular complexity index is 684. The van der Waals surface area contributed by atoms with Crippen LogP contribution in [0.1, 0.15) is 74.3 Å². The molecule has 0 radical (unpaired) electrons. The molecule has 3 rings (SSSR count). The quantitative estimate of drug-likeness (QED) is 0.843. The number of carboxylic acid groups (broad SMARTS) is 1. The molecule has 0 spiro atoms. The Morgan fingerprint density at radius 1 is 1.27 bits per heavy atom. The standard InChI is InChI=1S/C20H29NO4S/c1-12-17(13-8-6-5-7-9-13)21(16(22)11-25-12)14-10-15(20(2,3)4)26-18(14)19(23)24/h10,12-13,17H,5-9,11H2,1-4H3,(H,23,24)/t12-,17+/m1/s1. The van der Waals surface area contributed by atoms with E-state index in [0.717, 1.165) is 17.7 Å². The first-order valence-corrected chi connectivity index (χ1v) is 10.3. The number of amides is 1. The molecule has 144 valence electrons. The molecule has 1 aromatic heterocycles. The first kappa shape index (κ1) is 19.4. The van der Waals surface area contributed by atoms with Crippen molar-refractivity contribution >= 4 is 28.9 Å². The highest BCUT2D eigenvalue weighted by Gasteiger charge is 2.42. The van der Waals surface area contributed by atoms with Gasteiger partial charge in [0, 0.05) is 4.88 Å². The molecule has 2 fully saturated rings. The van der Waals surface area contributed by atoms with Crippen LogP contribution in [0.25, 0.3) is 0 Å². The highest BCUT2D eigenvalue weighted by molar-refractivity contribution is 7.14. The average Bonchev–Trinajstić information content (AvgIpc) is 3.03. The van der Waals surface area contributed by atoms with Gasteiger partial charge in [-0.3, -0.25) is 4.79 Å². The van der Waals surface area contributed by atoms with Crippen LogP contribution in [0.3, 0.4) is 0 Å². The summed E-state index contributed by atoms with van der Waals surface area (Å²) in [6.45, 7) is 8.23. The number of rotatable bonds is 3. The molecule has 0 unspecified atom stereocenters. The number of hydrogen-bond donors (Lipinski definition) is 1. The molecule has 6 heteroatoms. The summed E-state index contributed by atoms with van der Waals surface area (Å²) >= 11 is 1.29. The molecule has 1 aromatic rings. The molecular weight excluding hydrogens is 350 g/mol. The summed E-state index contributed by atoms with van der Waals surface area (Å²) in [5, 5.41) is 9.77. The van der Waals surface area contributed by atoms with Crippen molar-refractivity contribution in [2.45, 2.75) is 77.4 Å². The lowest BCUT2D eigenvalue weighted by Gasteiger charge is -2.44. The lowest BCUT2D eigenvalue weighted by atomic mass is 9.80. The summed E-state index contributed by atoms with van der Waals surface area (Å²) in [4.78, 5) is 27.8. The number of aromatic carboxylic acids is 1. The molecule has 5 nitrogen and oxygen atoms in total. The highest BCUT2D eigenvalue weighted by Crippen LogP contribution is 2.42. The predicted octanol–water partition coefficient (Wildman–Crippen LogP) is 4.44. The van der Waals surface area contributed by atoms with Crippen LogP contribution in [0, 0.1) is 5.92 Å². The van der Waals surface area contributed by atoms with Crippen LogP contribution in [0.4, 0.5) is 5.69 Å².